The van der Waals surface area contributed by atoms with Gasteiger partial charge in [0.1, 0.15) is 60.1 Å². The molecule has 0 saturated heterocycles. The molecule has 0 aromatic heterocycles. The van der Waals surface area contributed by atoms with E-state index < -0.39 is 261 Å². The first-order valence-electron chi connectivity index (χ1n) is 40.6. The van der Waals surface area contributed by atoms with E-state index in [1.807, 2.05) is 10.6 Å². The molecule has 5 aromatic carbocycles. The number of aromatic hydroxyl groups is 1. The van der Waals surface area contributed by atoms with E-state index in [0.29, 0.717) is 27.8 Å². The molecule has 5 rings (SSSR count). The summed E-state index contributed by atoms with van der Waals surface area (Å²) in [4.78, 5) is 259. The number of unbranched alkanes of at least 4 members (excludes halogenated alkanes) is 1. The first-order chi connectivity index (χ1) is 61.5. The predicted molar refractivity (Wildman–Crippen MR) is 452 cm³/mol. The lowest BCUT2D eigenvalue weighted by atomic mass is 9.99. The van der Waals surface area contributed by atoms with Gasteiger partial charge in [0.05, 0.1) is 37.2 Å². The van der Waals surface area contributed by atoms with Crippen molar-refractivity contribution in [3.8, 4) is 5.75 Å². The number of fused-ring (bicyclic) bond motifs is 1. The molecule has 0 aliphatic rings. The van der Waals surface area contributed by atoms with Crippen LogP contribution in [0.1, 0.15) is 125 Å². The van der Waals surface area contributed by atoms with E-state index in [9.17, 15) is 142 Å². The first kappa shape index (κ1) is 106. The van der Waals surface area contributed by atoms with E-state index in [1.165, 1.54) is 46.2 Å². The lowest BCUT2D eigenvalue weighted by molar-refractivity contribution is -0.143. The molecule has 0 radical (unpaired) electrons. The van der Waals surface area contributed by atoms with Crippen LogP contribution in [0.15, 0.2) is 109 Å². The number of carbonyl (C=O) groups excluding carboxylic acids is 9. The summed E-state index contributed by atoms with van der Waals surface area (Å²) in [6.07, 6.45) is -6.68. The number of rotatable bonds is 62. The quantitative estimate of drug-likeness (QED) is 0.0143. The van der Waals surface area contributed by atoms with Gasteiger partial charge in [-0.1, -0.05) is 66.7 Å². The summed E-state index contributed by atoms with van der Waals surface area (Å²) in [7, 11) is 0. The Morgan fingerprint density at radius 1 is 0.338 bits per heavy atom. The third-order valence-electron chi connectivity index (χ3n) is 19.7. The standard InChI is InChI=1S/C83H105N15O32/c84-53-16-11-45(12-17-53)35-60(90-65(101)23-20-55(78(120)121)86-29-31-98(44-70(109)110)33-32-97(43-69(107)108)30-28-85-42-68(105)106)73(113)93-61(36-46-13-18-54(99)19-14-46)75(115)94-62(37-47-10-15-48-6-1-2-7-49(48)34-47)74(114)91-57(80(124)125)8-3-4-26-88-72(112)63(92-71(111)50-38-51(76(116)117)40-52(39-50)77(118)119)41-66(102)87-27-5-9-56(79(122)123)89-64(100)24-21-58(81(126)127)95-83(130)96-59(82(128)129)22-25-67(103)104/h1-2,6-7,10-19,34,38-40,55-63,85-86,99H,3-5,8-9,20-33,35-37,41-44,84H2,(H,87,102)(H,88,112)(H,89,100)(H,90,101)(H,91,114)(H,92,111)(H,93,113)(H,94,115)(H,103,104)(H,105,106)(H,107,108)(H,109,110)(H,116,117)(H,118,119)(H,120,121)(H,122,123)(H,124,125)(H,126,127)(H,128,129)(H2,95,96,130)/t55?,56?,57-,58+,59+,60+,61-,62-,63-/m1/s1. The SMILES string of the molecule is Nc1ccc(C[C@H](NC(=O)CCC(NCCN(CCN(CCNCC(=O)O)CC(=O)O)CC(=O)O)C(=O)O)C(=O)N[C@H](Cc2ccc(O)cc2)C(=O)N[C@H](Cc2ccc3ccccc3c2)C(=O)N[C@H](CCCCNC(=O)[C@@H](CC(=O)NCCCC(NC(=O)CC[C@H](NC(=O)N[C@@H](CCC(=O)O)C(=O)O)C(=O)O)C(=O)O)NC(=O)c2cc(C(=O)O)cc(C(=O)O)c2)C(=O)O)cc1. The second-order valence-electron chi connectivity index (χ2n) is 29.9. The van der Waals surface area contributed by atoms with E-state index in [1.54, 1.807) is 54.6 Å². The maximum atomic E-state index is 15.1. The Bertz CT molecular complexity index is 4830. The highest BCUT2D eigenvalue weighted by Gasteiger charge is 2.35. The number of phenols is 1. The van der Waals surface area contributed by atoms with Crippen LogP contribution in [0.25, 0.3) is 10.8 Å². The molecule has 2 unspecified atom stereocenters. The number of amides is 10. The number of carbonyl (C=O) groups is 20. The summed E-state index contributed by atoms with van der Waals surface area (Å²) in [5, 5.41) is 147. The average molecular weight is 1820 g/mol. The van der Waals surface area contributed by atoms with Gasteiger partial charge in [-0.2, -0.15) is 0 Å². The molecule has 130 heavy (non-hydrogen) atoms. The van der Waals surface area contributed by atoms with Gasteiger partial charge in [0.2, 0.25) is 41.4 Å². The lowest BCUT2D eigenvalue weighted by Gasteiger charge is -2.27. The molecule has 0 aliphatic carbocycles. The van der Waals surface area contributed by atoms with Crippen LogP contribution in [0.2, 0.25) is 0 Å². The van der Waals surface area contributed by atoms with Crippen LogP contribution < -0.4 is 69.5 Å². The largest absolute Gasteiger partial charge is 0.508 e. The van der Waals surface area contributed by atoms with Gasteiger partial charge in [-0.25, -0.2) is 33.6 Å². The van der Waals surface area contributed by atoms with Gasteiger partial charge in [0, 0.05) is 102 Å². The number of hydrogen-bond donors (Lipinski definition) is 25. The normalized spacial score (nSPS) is 13.1. The molecule has 0 aliphatic heterocycles. The number of aliphatic carboxylic acids is 9. The highest BCUT2D eigenvalue weighted by Crippen LogP contribution is 2.20. The van der Waals surface area contributed by atoms with Crippen molar-refractivity contribution in [1.29, 1.82) is 0 Å². The highest BCUT2D eigenvalue weighted by atomic mass is 16.4. The minimum absolute atomic E-state index is 0.0142. The molecule has 47 nitrogen and oxygen atoms in total. The van der Waals surface area contributed by atoms with Crippen LogP contribution in [0.4, 0.5) is 10.5 Å². The maximum Gasteiger partial charge on any atom is 0.335 e. The van der Waals surface area contributed by atoms with E-state index >= 15 is 4.79 Å². The van der Waals surface area contributed by atoms with Gasteiger partial charge in [0.25, 0.3) is 5.91 Å². The zero-order chi connectivity index (χ0) is 96.3. The third-order valence-corrected chi connectivity index (χ3v) is 19.7. The number of nitrogen functional groups attached to an aromatic ring is 1. The molecule has 5 aromatic rings. The molecule has 704 valence electrons. The number of nitrogens with zero attached hydrogens (tertiary/aromatic N) is 2. The Hall–Kier alpha value is -15.0. The number of phenolic OH excluding ortho intramolecular Hbond substituents is 1. The maximum absolute atomic E-state index is 15.1. The molecule has 0 fully saturated rings. The number of aromatic carboxylic acids is 2. The van der Waals surface area contributed by atoms with Crippen LogP contribution in [-0.4, -0.2) is 316 Å². The Morgan fingerprint density at radius 3 is 1.28 bits per heavy atom. The van der Waals surface area contributed by atoms with E-state index in [0.717, 1.165) is 23.6 Å². The van der Waals surface area contributed by atoms with Crippen molar-refractivity contribution < 1.29 is 157 Å². The third kappa shape index (κ3) is 39.7. The smallest absolute Gasteiger partial charge is 0.335 e. The van der Waals surface area contributed by atoms with Crippen molar-refractivity contribution in [3.63, 3.8) is 0 Å². The molecule has 10 amide bonds. The number of nitrogens with two attached hydrogens (primary N) is 1. The number of carboxylic acids is 11. The molecule has 0 bridgehead atoms. The van der Waals surface area contributed by atoms with E-state index in [-0.39, 0.29) is 103 Å². The van der Waals surface area contributed by atoms with Crippen molar-refractivity contribution in [2.24, 2.45) is 0 Å². The van der Waals surface area contributed by atoms with Crippen molar-refractivity contribution in [1.82, 2.24) is 73.6 Å². The van der Waals surface area contributed by atoms with Crippen molar-refractivity contribution in [2.45, 2.75) is 151 Å². The van der Waals surface area contributed by atoms with Crippen molar-refractivity contribution in [3.05, 3.63) is 143 Å². The number of nitrogens with one attached hydrogen (secondary N) is 12. The summed E-state index contributed by atoms with van der Waals surface area (Å²) in [5.41, 5.74) is 5.56. The van der Waals surface area contributed by atoms with Crippen molar-refractivity contribution >= 4 is 135 Å². The molecule has 0 heterocycles. The minimum atomic E-state index is -1.87. The van der Waals surface area contributed by atoms with E-state index in [4.69, 9.17) is 15.9 Å². The van der Waals surface area contributed by atoms with Gasteiger partial charge < -0.3 is 131 Å². The Kier molecular flexibility index (Phi) is 43.9. The van der Waals surface area contributed by atoms with Gasteiger partial charge in [-0.3, -0.25) is 72.1 Å². The highest BCUT2D eigenvalue weighted by molar-refractivity contribution is 6.04. The topological polar surface area (TPSA) is 761 Å². The second-order valence-corrected chi connectivity index (χ2v) is 29.9. The number of urea groups is 1. The second kappa shape index (κ2) is 54.1. The Balaban J connectivity index is 1.31. The van der Waals surface area contributed by atoms with E-state index in [2.05, 4.69) is 53.2 Å². The fraction of sp³-hybridized carbons (Fsp3) is 0.422. The van der Waals surface area contributed by atoms with Gasteiger partial charge in [-0.15, -0.1) is 0 Å². The van der Waals surface area contributed by atoms with Crippen LogP contribution in [0.5, 0.6) is 5.75 Å². The summed E-state index contributed by atoms with van der Waals surface area (Å²) in [6, 6.07) is 9.44. The molecule has 47 heteroatoms. The van der Waals surface area contributed by atoms with Crippen LogP contribution >= 0.6 is 0 Å². The van der Waals surface area contributed by atoms with Crippen molar-refractivity contribution in [2.75, 3.05) is 77.7 Å². The fourth-order valence-electron chi connectivity index (χ4n) is 12.9. The predicted octanol–water partition coefficient (Wildman–Crippen LogP) is -2.36. The van der Waals surface area contributed by atoms with Crippen LogP contribution in [0.3, 0.4) is 0 Å². The van der Waals surface area contributed by atoms with Gasteiger partial charge >= 0.3 is 71.7 Å². The molecule has 0 spiro atoms. The zero-order valence-electron chi connectivity index (χ0n) is 70.0. The van der Waals surface area contributed by atoms with Crippen LogP contribution in [0, 0.1) is 0 Å². The number of anilines is 1. The lowest BCUT2D eigenvalue weighted by Crippen LogP contribution is -2.59. The molecule has 9 atom stereocenters. The first-order valence-corrected chi connectivity index (χ1v) is 40.6. The number of carboxylic acid groups (broad SMARTS) is 11. The summed E-state index contributed by atoms with van der Waals surface area (Å²) in [6.45, 7) is -2.21. The summed E-state index contributed by atoms with van der Waals surface area (Å²) < 4.78 is 0. The summed E-state index contributed by atoms with van der Waals surface area (Å²) in [5.74, 6) is -24.8. The fourth-order valence-corrected chi connectivity index (χ4v) is 12.9. The Labute approximate surface area is 740 Å². The zero-order valence-corrected chi connectivity index (χ0v) is 70.0. The monoisotopic (exact) mass is 1820 g/mol. The number of hydrogen-bond acceptors (Lipinski definition) is 26. The molecular formula is C83H105N15O32. The average Bonchev–Trinajstić information content (AvgIpc) is 0.827. The number of benzene rings is 5. The van der Waals surface area contributed by atoms with Gasteiger partial charge in [-0.05, 0) is 121 Å². The summed E-state index contributed by atoms with van der Waals surface area (Å²) >= 11 is 0. The minimum Gasteiger partial charge on any atom is -0.508 e. The van der Waals surface area contributed by atoms with Gasteiger partial charge in [0.15, 0.2) is 0 Å². The van der Waals surface area contributed by atoms with Crippen LogP contribution in [-0.2, 0) is 96.0 Å². The molecule has 0 saturated carbocycles. The molecule has 26 N–H and O–H groups in total. The Morgan fingerprint density at radius 2 is 0.769 bits per heavy atom. The molecular weight excluding hydrogens is 1720 g/mol.